The van der Waals surface area contributed by atoms with Crippen LogP contribution in [0.4, 0.5) is 0 Å². The highest BCUT2D eigenvalue weighted by Crippen LogP contribution is 2.30. The molecule has 1 amide bonds. The van der Waals surface area contributed by atoms with E-state index in [9.17, 15) is 4.79 Å². The Labute approximate surface area is 146 Å². The minimum Gasteiger partial charge on any atom is -0.379 e. The summed E-state index contributed by atoms with van der Waals surface area (Å²) in [4.78, 5) is 15.0. The lowest BCUT2D eigenvalue weighted by molar-refractivity contribution is 0.0383. The third kappa shape index (κ3) is 2.81. The van der Waals surface area contributed by atoms with Gasteiger partial charge in [0.15, 0.2) is 0 Å². The molecule has 0 atom stereocenters. The Hall–Kier alpha value is -2.31. The van der Waals surface area contributed by atoms with Crippen LogP contribution in [0.3, 0.4) is 0 Å². The van der Waals surface area contributed by atoms with E-state index in [0.29, 0.717) is 12.2 Å². The Morgan fingerprint density at radius 2 is 1.88 bits per heavy atom. The molecule has 0 saturated carbocycles. The number of nitrogens with one attached hydrogen (secondary N) is 1. The summed E-state index contributed by atoms with van der Waals surface area (Å²) in [5.41, 5.74) is 4.08. The molecule has 3 heterocycles. The van der Waals surface area contributed by atoms with Gasteiger partial charge in [0.25, 0.3) is 5.91 Å². The maximum Gasteiger partial charge on any atom is 0.268 e. The molecule has 3 aromatic rings. The van der Waals surface area contributed by atoms with E-state index in [2.05, 4.69) is 26.9 Å². The fourth-order valence-electron chi connectivity index (χ4n) is 3.72. The molecule has 1 fully saturated rings. The van der Waals surface area contributed by atoms with Crippen LogP contribution in [0.1, 0.15) is 10.5 Å². The van der Waals surface area contributed by atoms with Crippen molar-refractivity contribution in [2.45, 2.75) is 0 Å². The summed E-state index contributed by atoms with van der Waals surface area (Å²) < 4.78 is 9.50. The second-order valence-corrected chi connectivity index (χ2v) is 6.61. The van der Waals surface area contributed by atoms with Crippen LogP contribution in [-0.4, -0.2) is 59.3 Å². The molecular weight excluding hydrogens is 316 g/mol. The van der Waals surface area contributed by atoms with Crippen LogP contribution < -0.4 is 5.32 Å². The summed E-state index contributed by atoms with van der Waals surface area (Å²) in [6, 6.07) is 10.3. The van der Waals surface area contributed by atoms with Gasteiger partial charge >= 0.3 is 0 Å². The predicted molar refractivity (Wildman–Crippen MR) is 99.0 cm³/mol. The van der Waals surface area contributed by atoms with Crippen LogP contribution in [0.2, 0.25) is 0 Å². The number of carbonyl (C=O) groups excluding carboxylic acids is 1. The second-order valence-electron chi connectivity index (χ2n) is 6.61. The predicted octanol–water partition coefficient (Wildman–Crippen LogP) is 1.73. The Kier molecular flexibility index (Phi) is 4.23. The number of ether oxygens (including phenoxy) is 1. The minimum atomic E-state index is -0.0176. The van der Waals surface area contributed by atoms with Gasteiger partial charge in [-0.25, -0.2) is 0 Å². The number of nitrogens with zero attached hydrogens (tertiary/aromatic N) is 3. The fraction of sp³-hybridized carbons (Fsp3) is 0.421. The van der Waals surface area contributed by atoms with Crippen molar-refractivity contribution in [2.75, 3.05) is 39.4 Å². The summed E-state index contributed by atoms with van der Waals surface area (Å²) in [5, 5.41) is 4.23. The topological polar surface area (TPSA) is 51.4 Å². The lowest BCUT2D eigenvalue weighted by Gasteiger charge is -2.26. The Bertz CT molecular complexity index is 918. The zero-order chi connectivity index (χ0) is 17.4. The number of benzene rings is 1. The highest BCUT2D eigenvalue weighted by Gasteiger charge is 2.18. The van der Waals surface area contributed by atoms with Crippen LogP contribution in [0, 0.1) is 0 Å². The molecule has 1 aromatic carbocycles. The molecule has 132 valence electrons. The number of fused-ring (bicyclic) bond motifs is 3. The van der Waals surface area contributed by atoms with Crippen molar-refractivity contribution in [1.29, 1.82) is 0 Å². The number of para-hydroxylation sites is 1. The van der Waals surface area contributed by atoms with Crippen molar-refractivity contribution in [1.82, 2.24) is 19.4 Å². The molecule has 1 aliphatic rings. The van der Waals surface area contributed by atoms with Gasteiger partial charge in [-0.15, -0.1) is 0 Å². The van der Waals surface area contributed by atoms with Gasteiger partial charge in [-0.1, -0.05) is 18.2 Å². The van der Waals surface area contributed by atoms with Gasteiger partial charge in [0.1, 0.15) is 5.69 Å². The molecular formula is C19H24N4O2. The van der Waals surface area contributed by atoms with Crippen molar-refractivity contribution in [3.8, 4) is 0 Å². The van der Waals surface area contributed by atoms with Crippen molar-refractivity contribution in [2.24, 2.45) is 14.1 Å². The third-order valence-electron chi connectivity index (χ3n) is 5.14. The monoisotopic (exact) mass is 340 g/mol. The molecule has 1 N–H and O–H groups in total. The standard InChI is InChI=1S/C19H24N4O2/c1-21-15-6-4-3-5-14(15)18-16(21)13-17(22(18)2)19(24)20-7-8-23-9-11-25-12-10-23/h3-6,13H,7-12H2,1-2H3,(H,20,24). The first-order valence-corrected chi connectivity index (χ1v) is 8.78. The average molecular weight is 340 g/mol. The van der Waals surface area contributed by atoms with E-state index in [4.69, 9.17) is 4.74 Å². The molecule has 0 bridgehead atoms. The van der Waals surface area contributed by atoms with E-state index in [-0.39, 0.29) is 5.91 Å². The van der Waals surface area contributed by atoms with Crippen LogP contribution in [-0.2, 0) is 18.8 Å². The van der Waals surface area contributed by atoms with Crippen LogP contribution >= 0.6 is 0 Å². The fourth-order valence-corrected chi connectivity index (χ4v) is 3.72. The second kappa shape index (κ2) is 6.54. The van der Waals surface area contributed by atoms with Crippen molar-refractivity contribution >= 4 is 27.8 Å². The number of aromatic nitrogens is 2. The number of carbonyl (C=O) groups is 1. The molecule has 6 nitrogen and oxygen atoms in total. The number of rotatable bonds is 4. The van der Waals surface area contributed by atoms with Crippen molar-refractivity contribution < 1.29 is 9.53 Å². The van der Waals surface area contributed by atoms with Gasteiger partial charge in [0, 0.05) is 45.7 Å². The number of amides is 1. The Balaban J connectivity index is 1.53. The average Bonchev–Trinajstić information content (AvgIpc) is 3.12. The SMILES string of the molecule is Cn1c(C(=O)NCCN2CCOCC2)cc2c1c1ccccc1n2C. The lowest BCUT2D eigenvalue weighted by Crippen LogP contribution is -2.41. The Morgan fingerprint density at radius 3 is 2.68 bits per heavy atom. The lowest BCUT2D eigenvalue weighted by atomic mass is 10.2. The maximum atomic E-state index is 12.6. The van der Waals surface area contributed by atoms with Crippen LogP contribution in [0.25, 0.3) is 21.9 Å². The number of hydrogen-bond acceptors (Lipinski definition) is 3. The van der Waals surface area contributed by atoms with Gasteiger partial charge < -0.3 is 19.2 Å². The van der Waals surface area contributed by atoms with E-state index in [1.54, 1.807) is 0 Å². The highest BCUT2D eigenvalue weighted by atomic mass is 16.5. The molecule has 0 spiro atoms. The summed E-state index contributed by atoms with van der Waals surface area (Å²) in [7, 11) is 4.01. The van der Waals surface area contributed by atoms with E-state index < -0.39 is 0 Å². The molecule has 0 unspecified atom stereocenters. The van der Waals surface area contributed by atoms with Crippen molar-refractivity contribution in [3.63, 3.8) is 0 Å². The summed E-state index contributed by atoms with van der Waals surface area (Å²) in [6.07, 6.45) is 0. The Morgan fingerprint density at radius 1 is 1.12 bits per heavy atom. The normalized spacial score (nSPS) is 15.9. The smallest absolute Gasteiger partial charge is 0.268 e. The first-order valence-electron chi connectivity index (χ1n) is 8.78. The van der Waals surface area contributed by atoms with Gasteiger partial charge in [0.05, 0.1) is 29.8 Å². The molecule has 4 rings (SSSR count). The summed E-state index contributed by atoms with van der Waals surface area (Å²) in [6.45, 7) is 4.96. The van der Waals surface area contributed by atoms with Crippen molar-refractivity contribution in [3.05, 3.63) is 36.0 Å². The zero-order valence-corrected chi connectivity index (χ0v) is 14.8. The molecule has 1 saturated heterocycles. The highest BCUT2D eigenvalue weighted by molar-refractivity contribution is 6.10. The first-order chi connectivity index (χ1) is 12.2. The number of aryl methyl sites for hydroxylation is 2. The van der Waals surface area contributed by atoms with Gasteiger partial charge in [0.2, 0.25) is 0 Å². The summed E-state index contributed by atoms with van der Waals surface area (Å²) >= 11 is 0. The molecule has 2 aromatic heterocycles. The molecule has 25 heavy (non-hydrogen) atoms. The van der Waals surface area contributed by atoms with Gasteiger partial charge in [-0.05, 0) is 12.1 Å². The molecule has 1 aliphatic heterocycles. The minimum absolute atomic E-state index is 0.0176. The van der Waals surface area contributed by atoms with E-state index in [1.807, 2.05) is 36.9 Å². The largest absolute Gasteiger partial charge is 0.379 e. The van der Waals surface area contributed by atoms with Crippen LogP contribution in [0.5, 0.6) is 0 Å². The summed E-state index contributed by atoms with van der Waals surface area (Å²) in [5.74, 6) is -0.0176. The van der Waals surface area contributed by atoms with E-state index in [0.717, 1.165) is 43.9 Å². The van der Waals surface area contributed by atoms with Crippen LogP contribution in [0.15, 0.2) is 30.3 Å². The molecule has 0 aliphatic carbocycles. The van der Waals surface area contributed by atoms with E-state index in [1.165, 1.54) is 10.9 Å². The maximum absolute atomic E-state index is 12.6. The molecule has 0 radical (unpaired) electrons. The van der Waals surface area contributed by atoms with Gasteiger partial charge in [-0.2, -0.15) is 0 Å². The molecule has 6 heteroatoms. The van der Waals surface area contributed by atoms with E-state index >= 15 is 0 Å². The quantitative estimate of drug-likeness (QED) is 0.787. The zero-order valence-electron chi connectivity index (χ0n) is 14.8. The third-order valence-corrected chi connectivity index (χ3v) is 5.14. The van der Waals surface area contributed by atoms with Gasteiger partial charge in [-0.3, -0.25) is 9.69 Å². The number of hydrogen-bond donors (Lipinski definition) is 1. The number of morpholine rings is 1. The first kappa shape index (κ1) is 16.2.